The summed E-state index contributed by atoms with van der Waals surface area (Å²) in [6.45, 7) is 2.27. The Bertz CT molecular complexity index is 456. The molecule has 1 aliphatic heterocycles. The van der Waals surface area contributed by atoms with Gasteiger partial charge in [-0.1, -0.05) is 17.7 Å². The average Bonchev–Trinajstić information content (AvgIpc) is 2.41. The molecule has 0 amide bonds. The summed E-state index contributed by atoms with van der Waals surface area (Å²) < 4.78 is 5.32. The number of hydrogen-bond acceptors (Lipinski definition) is 3. The molecule has 0 atom stereocenters. The Labute approximate surface area is 117 Å². The third-order valence-electron chi connectivity index (χ3n) is 3.61. The van der Waals surface area contributed by atoms with Crippen LogP contribution in [0.2, 0.25) is 5.02 Å². The molecule has 2 rings (SSSR count). The van der Waals surface area contributed by atoms with Gasteiger partial charge in [0.05, 0.1) is 13.0 Å². The summed E-state index contributed by atoms with van der Waals surface area (Å²) in [5, 5.41) is 9.68. The van der Waals surface area contributed by atoms with E-state index in [1.54, 1.807) is 7.11 Å². The maximum absolute atomic E-state index is 10.9. The van der Waals surface area contributed by atoms with Crippen molar-refractivity contribution in [2.24, 2.45) is 5.92 Å². The Morgan fingerprint density at radius 1 is 1.47 bits per heavy atom. The van der Waals surface area contributed by atoms with E-state index in [-0.39, 0.29) is 5.92 Å². The SMILES string of the molecule is COc1cccc(Cl)c1CN1CCC(C(=O)O)CC1. The van der Waals surface area contributed by atoms with E-state index in [2.05, 4.69) is 4.90 Å². The van der Waals surface area contributed by atoms with Crippen molar-refractivity contribution >= 4 is 17.6 Å². The number of piperidine rings is 1. The van der Waals surface area contributed by atoms with Crippen LogP contribution < -0.4 is 4.74 Å². The van der Waals surface area contributed by atoms with Crippen LogP contribution in [0.1, 0.15) is 18.4 Å². The molecule has 0 aliphatic carbocycles. The Hall–Kier alpha value is -1.26. The Kier molecular flexibility index (Phi) is 4.66. The third kappa shape index (κ3) is 3.39. The number of nitrogens with zero attached hydrogens (tertiary/aromatic N) is 1. The Morgan fingerprint density at radius 2 is 2.16 bits per heavy atom. The molecule has 1 saturated heterocycles. The molecule has 1 aliphatic rings. The third-order valence-corrected chi connectivity index (χ3v) is 3.97. The van der Waals surface area contributed by atoms with Crippen molar-refractivity contribution in [2.45, 2.75) is 19.4 Å². The van der Waals surface area contributed by atoms with Crippen molar-refractivity contribution in [1.82, 2.24) is 4.90 Å². The van der Waals surface area contributed by atoms with E-state index >= 15 is 0 Å². The number of aliphatic carboxylic acids is 1. The standard InChI is InChI=1S/C14H18ClNO3/c1-19-13-4-2-3-12(15)11(13)9-16-7-5-10(6-8-16)14(17)18/h2-4,10H,5-9H2,1H3,(H,17,18). The van der Waals surface area contributed by atoms with Crippen LogP contribution in [0, 0.1) is 5.92 Å². The van der Waals surface area contributed by atoms with Gasteiger partial charge in [0.1, 0.15) is 5.75 Å². The maximum atomic E-state index is 10.9. The topological polar surface area (TPSA) is 49.8 Å². The van der Waals surface area contributed by atoms with Gasteiger partial charge in [-0.25, -0.2) is 0 Å². The van der Waals surface area contributed by atoms with Crippen molar-refractivity contribution in [2.75, 3.05) is 20.2 Å². The zero-order chi connectivity index (χ0) is 13.8. The summed E-state index contributed by atoms with van der Waals surface area (Å²) in [4.78, 5) is 13.1. The summed E-state index contributed by atoms with van der Waals surface area (Å²) in [5.41, 5.74) is 0.973. The smallest absolute Gasteiger partial charge is 0.306 e. The zero-order valence-electron chi connectivity index (χ0n) is 10.9. The van der Waals surface area contributed by atoms with Crippen LogP contribution in [0.25, 0.3) is 0 Å². The predicted molar refractivity (Wildman–Crippen MR) is 73.6 cm³/mol. The van der Waals surface area contributed by atoms with Gasteiger partial charge >= 0.3 is 5.97 Å². The number of benzene rings is 1. The lowest BCUT2D eigenvalue weighted by Crippen LogP contribution is -2.35. The minimum atomic E-state index is -0.685. The van der Waals surface area contributed by atoms with E-state index < -0.39 is 5.97 Å². The van der Waals surface area contributed by atoms with Gasteiger partial charge in [0.15, 0.2) is 0 Å². The number of halogens is 1. The number of hydrogen-bond donors (Lipinski definition) is 1. The number of methoxy groups -OCH3 is 1. The number of ether oxygens (including phenoxy) is 1. The predicted octanol–water partition coefficient (Wildman–Crippen LogP) is 2.65. The monoisotopic (exact) mass is 283 g/mol. The molecule has 1 aromatic carbocycles. The first-order valence-corrected chi connectivity index (χ1v) is 6.76. The molecule has 104 valence electrons. The number of rotatable bonds is 4. The highest BCUT2D eigenvalue weighted by atomic mass is 35.5. The number of likely N-dealkylation sites (tertiary alicyclic amines) is 1. The Morgan fingerprint density at radius 3 is 2.74 bits per heavy atom. The fourth-order valence-corrected chi connectivity index (χ4v) is 2.67. The lowest BCUT2D eigenvalue weighted by atomic mass is 9.97. The lowest BCUT2D eigenvalue weighted by Gasteiger charge is -2.30. The van der Waals surface area contributed by atoms with E-state index in [1.807, 2.05) is 18.2 Å². The molecule has 1 fully saturated rings. The summed E-state index contributed by atoms with van der Waals surface area (Å²) in [6, 6.07) is 5.61. The van der Waals surface area contributed by atoms with Gasteiger partial charge in [-0.15, -0.1) is 0 Å². The minimum absolute atomic E-state index is 0.204. The van der Waals surface area contributed by atoms with Gasteiger partial charge in [-0.3, -0.25) is 9.69 Å². The van der Waals surface area contributed by atoms with Gasteiger partial charge in [0.25, 0.3) is 0 Å². The van der Waals surface area contributed by atoms with Crippen LogP contribution in [0.5, 0.6) is 5.75 Å². The van der Waals surface area contributed by atoms with E-state index in [0.29, 0.717) is 24.4 Å². The van der Waals surface area contributed by atoms with Gasteiger partial charge in [-0.05, 0) is 38.1 Å². The second kappa shape index (κ2) is 6.26. The van der Waals surface area contributed by atoms with Crippen LogP contribution in [0.15, 0.2) is 18.2 Å². The molecule has 19 heavy (non-hydrogen) atoms. The summed E-state index contributed by atoms with van der Waals surface area (Å²) in [7, 11) is 1.63. The summed E-state index contributed by atoms with van der Waals surface area (Å²) in [5.74, 6) is -0.104. The zero-order valence-corrected chi connectivity index (χ0v) is 11.7. The lowest BCUT2D eigenvalue weighted by molar-refractivity contribution is -0.143. The second-order valence-corrected chi connectivity index (χ2v) is 5.22. The highest BCUT2D eigenvalue weighted by Gasteiger charge is 2.25. The molecule has 1 aromatic rings. The molecule has 5 heteroatoms. The minimum Gasteiger partial charge on any atom is -0.496 e. The highest BCUT2D eigenvalue weighted by Crippen LogP contribution is 2.29. The van der Waals surface area contributed by atoms with E-state index in [1.165, 1.54) is 0 Å². The fraction of sp³-hybridized carbons (Fsp3) is 0.500. The van der Waals surface area contributed by atoms with Crippen LogP contribution >= 0.6 is 11.6 Å². The van der Waals surface area contributed by atoms with Crippen molar-refractivity contribution in [3.05, 3.63) is 28.8 Å². The quantitative estimate of drug-likeness (QED) is 0.923. The van der Waals surface area contributed by atoms with Gasteiger partial charge in [0.2, 0.25) is 0 Å². The van der Waals surface area contributed by atoms with Crippen LogP contribution in [0.4, 0.5) is 0 Å². The molecular weight excluding hydrogens is 266 g/mol. The first kappa shape index (κ1) is 14.2. The maximum Gasteiger partial charge on any atom is 0.306 e. The molecule has 0 radical (unpaired) electrons. The second-order valence-electron chi connectivity index (χ2n) is 4.81. The molecule has 1 heterocycles. The van der Waals surface area contributed by atoms with Crippen molar-refractivity contribution in [3.8, 4) is 5.75 Å². The average molecular weight is 284 g/mol. The van der Waals surface area contributed by atoms with Crippen molar-refractivity contribution in [1.29, 1.82) is 0 Å². The normalized spacial score (nSPS) is 17.4. The molecule has 0 unspecified atom stereocenters. The molecule has 4 nitrogen and oxygen atoms in total. The summed E-state index contributed by atoms with van der Waals surface area (Å²) >= 11 is 6.21. The first-order chi connectivity index (χ1) is 9.11. The first-order valence-electron chi connectivity index (χ1n) is 6.38. The Balaban J connectivity index is 2.01. The van der Waals surface area contributed by atoms with E-state index in [9.17, 15) is 4.79 Å². The molecule has 0 bridgehead atoms. The van der Waals surface area contributed by atoms with Crippen molar-refractivity contribution in [3.63, 3.8) is 0 Å². The molecule has 0 saturated carbocycles. The largest absolute Gasteiger partial charge is 0.496 e. The van der Waals surface area contributed by atoms with E-state index in [4.69, 9.17) is 21.4 Å². The van der Waals surface area contributed by atoms with Gasteiger partial charge in [0, 0.05) is 17.1 Å². The highest BCUT2D eigenvalue weighted by molar-refractivity contribution is 6.31. The summed E-state index contributed by atoms with van der Waals surface area (Å²) in [6.07, 6.45) is 1.39. The molecular formula is C14H18ClNO3. The molecule has 0 aromatic heterocycles. The molecule has 0 spiro atoms. The van der Waals surface area contributed by atoms with Gasteiger partial charge < -0.3 is 9.84 Å². The van der Waals surface area contributed by atoms with E-state index in [0.717, 1.165) is 24.4 Å². The molecule has 1 N–H and O–H groups in total. The van der Waals surface area contributed by atoms with Gasteiger partial charge in [-0.2, -0.15) is 0 Å². The fourth-order valence-electron chi connectivity index (χ4n) is 2.45. The number of carboxylic acids is 1. The van der Waals surface area contributed by atoms with Crippen molar-refractivity contribution < 1.29 is 14.6 Å². The number of carboxylic acid groups (broad SMARTS) is 1. The van der Waals surface area contributed by atoms with Crippen LogP contribution in [0.3, 0.4) is 0 Å². The van der Waals surface area contributed by atoms with Crippen LogP contribution in [-0.2, 0) is 11.3 Å². The number of carbonyl (C=O) groups is 1. The van der Waals surface area contributed by atoms with Crippen LogP contribution in [-0.4, -0.2) is 36.2 Å².